The maximum absolute atomic E-state index is 13.5. The average molecular weight is 381 g/mol. The summed E-state index contributed by atoms with van der Waals surface area (Å²) >= 11 is 1.11. The Bertz CT molecular complexity index is 1020. The standard InChI is InChI=1S/C16H17FN4O2S2/c1-10-12(13-9-11(17)4-5-14(13)20-10)6-7-19-16(18)21-25(22,23)15-3-2-8-24-15/h2-5,8-9,20H,6-7H2,1H3,(H3,18,19,21)/p+1. The van der Waals surface area contributed by atoms with Crippen molar-refractivity contribution < 1.29 is 17.8 Å². The zero-order chi connectivity index (χ0) is 18.0. The highest BCUT2D eigenvalue weighted by Gasteiger charge is 2.20. The van der Waals surface area contributed by atoms with E-state index >= 15 is 0 Å². The second-order valence-corrected chi connectivity index (χ2v) is 8.40. The summed E-state index contributed by atoms with van der Waals surface area (Å²) in [5.74, 6) is -0.340. The number of nitrogens with one attached hydrogen (secondary N) is 3. The lowest BCUT2D eigenvalue weighted by Crippen LogP contribution is -2.79. The number of aromatic nitrogens is 1. The van der Waals surface area contributed by atoms with Crippen LogP contribution in [0.2, 0.25) is 0 Å². The molecule has 0 amide bonds. The van der Waals surface area contributed by atoms with Gasteiger partial charge < -0.3 is 4.98 Å². The number of guanidine groups is 1. The monoisotopic (exact) mass is 381 g/mol. The number of benzene rings is 1. The van der Waals surface area contributed by atoms with Gasteiger partial charge in [-0.2, -0.15) is 13.1 Å². The number of rotatable bonds is 5. The number of hydrogen-bond donors (Lipinski definition) is 4. The Morgan fingerprint density at radius 3 is 2.92 bits per heavy atom. The van der Waals surface area contributed by atoms with Crippen LogP contribution in [0.3, 0.4) is 0 Å². The molecule has 1 aromatic carbocycles. The fourth-order valence-electron chi connectivity index (χ4n) is 2.65. The van der Waals surface area contributed by atoms with Crippen molar-refractivity contribution in [1.82, 2.24) is 9.71 Å². The number of aryl methyl sites for hydroxylation is 1. The van der Waals surface area contributed by atoms with Gasteiger partial charge in [0.15, 0.2) is 4.21 Å². The van der Waals surface area contributed by atoms with Crippen molar-refractivity contribution in [3.63, 3.8) is 0 Å². The third kappa shape index (κ3) is 3.83. The summed E-state index contributed by atoms with van der Waals surface area (Å²) in [5, 5.41) is 2.49. The minimum atomic E-state index is -3.66. The largest absolute Gasteiger partial charge is 0.358 e. The van der Waals surface area contributed by atoms with Crippen LogP contribution in [0.1, 0.15) is 11.3 Å². The molecule has 0 fully saturated rings. The zero-order valence-corrected chi connectivity index (χ0v) is 15.1. The molecule has 0 aliphatic carbocycles. The number of halogens is 1. The summed E-state index contributed by atoms with van der Waals surface area (Å²) in [6.07, 6.45) is 0.566. The Hall–Kier alpha value is -2.39. The lowest BCUT2D eigenvalue weighted by molar-refractivity contribution is -0.458. The van der Waals surface area contributed by atoms with Gasteiger partial charge in [-0.15, -0.1) is 11.3 Å². The van der Waals surface area contributed by atoms with Crippen LogP contribution in [-0.2, 0) is 16.4 Å². The van der Waals surface area contributed by atoms with Crippen LogP contribution in [0.25, 0.3) is 10.9 Å². The van der Waals surface area contributed by atoms with Crippen molar-refractivity contribution in [1.29, 1.82) is 0 Å². The molecular formula is C16H18FN4O2S2+. The predicted molar refractivity (Wildman–Crippen MR) is 96.4 cm³/mol. The summed E-state index contributed by atoms with van der Waals surface area (Å²) < 4.78 is 40.1. The second kappa shape index (κ2) is 6.85. The first kappa shape index (κ1) is 17.4. The van der Waals surface area contributed by atoms with Crippen molar-refractivity contribution in [3.8, 4) is 0 Å². The third-order valence-corrected chi connectivity index (χ3v) is 6.54. The van der Waals surface area contributed by atoms with E-state index in [-0.39, 0.29) is 16.0 Å². The van der Waals surface area contributed by atoms with Crippen molar-refractivity contribution in [2.45, 2.75) is 17.6 Å². The maximum atomic E-state index is 13.5. The van der Waals surface area contributed by atoms with E-state index in [0.29, 0.717) is 13.0 Å². The van der Waals surface area contributed by atoms with Gasteiger partial charge in [0.2, 0.25) is 0 Å². The van der Waals surface area contributed by atoms with Gasteiger partial charge >= 0.3 is 16.0 Å². The Morgan fingerprint density at radius 1 is 1.40 bits per heavy atom. The molecule has 0 atom stereocenters. The minimum Gasteiger partial charge on any atom is -0.358 e. The van der Waals surface area contributed by atoms with Crippen molar-refractivity contribution in [2.24, 2.45) is 5.73 Å². The van der Waals surface area contributed by atoms with Gasteiger partial charge in [0.25, 0.3) is 0 Å². The molecule has 132 valence electrons. The smallest absolute Gasteiger partial charge is 0.356 e. The summed E-state index contributed by atoms with van der Waals surface area (Å²) in [6, 6.07) is 7.75. The molecule has 25 heavy (non-hydrogen) atoms. The van der Waals surface area contributed by atoms with Gasteiger partial charge in [0.1, 0.15) is 5.82 Å². The van der Waals surface area contributed by atoms with Crippen LogP contribution in [0.4, 0.5) is 4.39 Å². The molecule has 0 spiro atoms. The molecule has 6 nitrogen and oxygen atoms in total. The Morgan fingerprint density at radius 2 is 2.20 bits per heavy atom. The van der Waals surface area contributed by atoms with Crippen LogP contribution in [-0.4, -0.2) is 25.9 Å². The Labute approximate surface area is 148 Å². The molecule has 0 bridgehead atoms. The normalized spacial score (nSPS) is 12.6. The lowest BCUT2D eigenvalue weighted by Gasteiger charge is -2.01. The van der Waals surface area contributed by atoms with Crippen LogP contribution >= 0.6 is 11.3 Å². The van der Waals surface area contributed by atoms with Gasteiger partial charge in [-0.25, -0.2) is 4.39 Å². The molecule has 0 unspecified atom stereocenters. The second-order valence-electron chi connectivity index (χ2n) is 5.55. The first-order valence-corrected chi connectivity index (χ1v) is 9.92. The molecule has 0 aliphatic rings. The quantitative estimate of drug-likeness (QED) is 0.384. The number of hydrogen-bond acceptors (Lipinski definition) is 3. The van der Waals surface area contributed by atoms with E-state index in [4.69, 9.17) is 5.73 Å². The molecule has 3 aromatic rings. The summed E-state index contributed by atoms with van der Waals surface area (Å²) in [7, 11) is -3.66. The van der Waals surface area contributed by atoms with Crippen LogP contribution in [0.5, 0.6) is 0 Å². The zero-order valence-electron chi connectivity index (χ0n) is 13.5. The molecule has 3 rings (SSSR count). The van der Waals surface area contributed by atoms with E-state index in [2.05, 4.69) is 14.7 Å². The summed E-state index contributed by atoms with van der Waals surface area (Å²) in [6.45, 7) is 2.32. The molecule has 0 saturated heterocycles. The summed E-state index contributed by atoms with van der Waals surface area (Å²) in [4.78, 5) is 6.05. The van der Waals surface area contributed by atoms with Gasteiger partial charge in [-0.3, -0.25) is 10.7 Å². The third-order valence-electron chi connectivity index (χ3n) is 3.78. The topological polar surface area (TPSA) is 102 Å². The number of H-pyrrole nitrogens is 1. The molecule has 5 N–H and O–H groups in total. The molecular weight excluding hydrogens is 363 g/mol. The SMILES string of the molecule is Cc1[nH]c2ccc(F)cc2c1CC[NH+]=C(N)NS(=O)(=O)c1cccs1. The maximum Gasteiger partial charge on any atom is 0.356 e. The number of sulfonamides is 1. The highest BCUT2D eigenvalue weighted by atomic mass is 32.2. The van der Waals surface area contributed by atoms with Gasteiger partial charge in [-0.05, 0) is 42.1 Å². The number of thiophene rings is 1. The molecule has 2 heterocycles. The molecule has 9 heteroatoms. The van der Waals surface area contributed by atoms with Crippen LogP contribution < -0.4 is 15.4 Å². The number of aromatic amines is 1. The molecule has 0 radical (unpaired) electrons. The van der Waals surface area contributed by atoms with Gasteiger partial charge in [-0.1, -0.05) is 6.07 Å². The fourth-order valence-corrected chi connectivity index (χ4v) is 4.61. The van der Waals surface area contributed by atoms with E-state index in [0.717, 1.165) is 33.5 Å². The van der Waals surface area contributed by atoms with Gasteiger partial charge in [0.05, 0.1) is 6.54 Å². The van der Waals surface area contributed by atoms with E-state index in [1.54, 1.807) is 17.5 Å². The minimum absolute atomic E-state index is 0.0444. The first-order chi connectivity index (χ1) is 11.9. The highest BCUT2D eigenvalue weighted by molar-refractivity contribution is 7.92. The molecule has 0 saturated carbocycles. The molecule has 0 aliphatic heterocycles. The predicted octanol–water partition coefficient (Wildman–Crippen LogP) is 0.593. The van der Waals surface area contributed by atoms with E-state index in [1.807, 2.05) is 6.92 Å². The number of nitrogens with two attached hydrogens (primary N) is 1. The van der Waals surface area contributed by atoms with Crippen molar-refractivity contribution in [3.05, 3.63) is 52.8 Å². The van der Waals surface area contributed by atoms with Crippen molar-refractivity contribution >= 4 is 38.2 Å². The highest BCUT2D eigenvalue weighted by Crippen LogP contribution is 2.23. The Kier molecular flexibility index (Phi) is 4.78. The van der Waals surface area contributed by atoms with Gasteiger partial charge in [0, 0.05) is 23.0 Å². The van der Waals surface area contributed by atoms with E-state index < -0.39 is 10.0 Å². The lowest BCUT2D eigenvalue weighted by atomic mass is 10.1. The van der Waals surface area contributed by atoms with E-state index in [1.165, 1.54) is 18.2 Å². The van der Waals surface area contributed by atoms with Crippen LogP contribution in [0.15, 0.2) is 39.9 Å². The molecule has 2 aromatic heterocycles. The first-order valence-electron chi connectivity index (χ1n) is 7.56. The Balaban J connectivity index is 1.71. The van der Waals surface area contributed by atoms with Crippen LogP contribution in [0, 0.1) is 12.7 Å². The van der Waals surface area contributed by atoms with E-state index in [9.17, 15) is 12.8 Å². The van der Waals surface area contributed by atoms with Crippen molar-refractivity contribution in [2.75, 3.05) is 6.54 Å². The average Bonchev–Trinajstić information content (AvgIpc) is 3.16. The fraction of sp³-hybridized carbons (Fsp3) is 0.188. The number of fused-ring (bicyclic) bond motifs is 1. The summed E-state index contributed by atoms with van der Waals surface area (Å²) in [5.41, 5.74) is 8.51.